The van der Waals surface area contributed by atoms with Crippen LogP contribution in [0.25, 0.3) is 0 Å². The van der Waals surface area contributed by atoms with Gasteiger partial charge in [0.1, 0.15) is 17.2 Å². The van der Waals surface area contributed by atoms with E-state index in [4.69, 9.17) is 0 Å². The van der Waals surface area contributed by atoms with E-state index >= 15 is 0 Å². The third kappa shape index (κ3) is 4.08. The minimum atomic E-state index is 0.283. The first-order valence-electron chi connectivity index (χ1n) is 9.13. The van der Waals surface area contributed by atoms with Crippen molar-refractivity contribution >= 4 is 0 Å². The molecule has 0 saturated heterocycles. The Bertz CT molecular complexity index is 1000. The van der Waals surface area contributed by atoms with E-state index in [0.717, 1.165) is 45.4 Å². The summed E-state index contributed by atoms with van der Waals surface area (Å²) in [4.78, 5) is 0. The molecule has 0 aliphatic heterocycles. The Labute approximate surface area is 160 Å². The van der Waals surface area contributed by atoms with Crippen molar-refractivity contribution in [1.82, 2.24) is 0 Å². The largest absolute Gasteiger partial charge is 0.508 e. The number of rotatable bonds is 4. The van der Waals surface area contributed by atoms with Gasteiger partial charge in [0, 0.05) is 6.42 Å². The summed E-state index contributed by atoms with van der Waals surface area (Å²) in [5.41, 5.74) is 7.83. The zero-order chi connectivity index (χ0) is 19.7. The normalized spacial score (nSPS) is 11.0. The molecule has 0 amide bonds. The van der Waals surface area contributed by atoms with Crippen molar-refractivity contribution in [2.24, 2.45) is 0 Å². The Kier molecular flexibility index (Phi) is 5.13. The molecule has 0 unspecified atom stereocenters. The van der Waals surface area contributed by atoms with Gasteiger partial charge in [0.2, 0.25) is 0 Å². The second-order valence-corrected chi connectivity index (χ2v) is 7.46. The highest BCUT2D eigenvalue weighted by atomic mass is 16.3. The van der Waals surface area contributed by atoms with Gasteiger partial charge in [-0.3, -0.25) is 0 Å². The van der Waals surface area contributed by atoms with Crippen LogP contribution >= 0.6 is 0 Å². The number of hydrogen-bond acceptors (Lipinski definition) is 3. The number of aromatic hydroxyl groups is 3. The summed E-state index contributed by atoms with van der Waals surface area (Å²) in [6.45, 7) is 7.69. The molecule has 0 radical (unpaired) electrons. The standard InChI is InChI=1S/C24H26O3/c1-14-10-23(26)16(3)9-20(14)12-19-8-17(4)24(27)21(13-19)11-18-5-6-22(25)15(2)7-18/h5-10,13,25-27H,11-12H2,1-4H3. The highest BCUT2D eigenvalue weighted by molar-refractivity contribution is 5.49. The van der Waals surface area contributed by atoms with E-state index in [0.29, 0.717) is 17.9 Å². The van der Waals surface area contributed by atoms with Crippen LogP contribution in [0.2, 0.25) is 0 Å². The van der Waals surface area contributed by atoms with Crippen LogP contribution in [0.4, 0.5) is 0 Å². The summed E-state index contributed by atoms with van der Waals surface area (Å²) in [6.07, 6.45) is 1.35. The summed E-state index contributed by atoms with van der Waals surface area (Å²) in [5.74, 6) is 0.927. The number of hydrogen-bond donors (Lipinski definition) is 3. The second kappa shape index (κ2) is 7.36. The molecule has 0 aromatic heterocycles. The molecule has 0 spiro atoms. The van der Waals surface area contributed by atoms with Crippen LogP contribution < -0.4 is 0 Å². The quantitative estimate of drug-likeness (QED) is 0.596. The average molecular weight is 362 g/mol. The predicted molar refractivity (Wildman–Crippen MR) is 109 cm³/mol. The highest BCUT2D eigenvalue weighted by Gasteiger charge is 2.11. The van der Waals surface area contributed by atoms with Gasteiger partial charge in [-0.05, 0) is 90.8 Å². The van der Waals surface area contributed by atoms with Gasteiger partial charge in [-0.15, -0.1) is 0 Å². The first-order chi connectivity index (χ1) is 12.7. The minimum Gasteiger partial charge on any atom is -0.508 e. The topological polar surface area (TPSA) is 60.7 Å². The van der Waals surface area contributed by atoms with Crippen LogP contribution in [-0.4, -0.2) is 15.3 Å². The molecule has 0 aliphatic carbocycles. The van der Waals surface area contributed by atoms with Crippen molar-refractivity contribution < 1.29 is 15.3 Å². The number of phenols is 3. The van der Waals surface area contributed by atoms with Crippen molar-refractivity contribution in [2.75, 3.05) is 0 Å². The van der Waals surface area contributed by atoms with Crippen molar-refractivity contribution in [2.45, 2.75) is 40.5 Å². The Morgan fingerprint density at radius 2 is 1.19 bits per heavy atom. The van der Waals surface area contributed by atoms with Crippen LogP contribution in [0.15, 0.2) is 42.5 Å². The third-order valence-corrected chi connectivity index (χ3v) is 5.14. The molecule has 0 bridgehead atoms. The lowest BCUT2D eigenvalue weighted by atomic mass is 9.93. The van der Waals surface area contributed by atoms with E-state index < -0.39 is 0 Å². The lowest BCUT2D eigenvalue weighted by molar-refractivity contribution is 0.464. The molecule has 0 fully saturated rings. The lowest BCUT2D eigenvalue weighted by Crippen LogP contribution is -1.98. The van der Waals surface area contributed by atoms with Crippen molar-refractivity contribution in [1.29, 1.82) is 0 Å². The fourth-order valence-electron chi connectivity index (χ4n) is 3.49. The smallest absolute Gasteiger partial charge is 0.122 e. The Hall–Kier alpha value is -2.94. The van der Waals surface area contributed by atoms with Crippen LogP contribution in [0.5, 0.6) is 17.2 Å². The van der Waals surface area contributed by atoms with Gasteiger partial charge in [-0.2, -0.15) is 0 Å². The van der Waals surface area contributed by atoms with Crippen LogP contribution in [0.3, 0.4) is 0 Å². The molecule has 0 atom stereocenters. The molecule has 3 N–H and O–H groups in total. The van der Waals surface area contributed by atoms with Gasteiger partial charge in [0.15, 0.2) is 0 Å². The van der Waals surface area contributed by atoms with Gasteiger partial charge in [-0.25, -0.2) is 0 Å². The van der Waals surface area contributed by atoms with Crippen LogP contribution in [0.1, 0.15) is 44.5 Å². The molecule has 0 saturated carbocycles. The monoisotopic (exact) mass is 362 g/mol. The van der Waals surface area contributed by atoms with Gasteiger partial charge in [0.25, 0.3) is 0 Å². The third-order valence-electron chi connectivity index (χ3n) is 5.14. The van der Waals surface area contributed by atoms with E-state index in [-0.39, 0.29) is 5.75 Å². The molecular weight excluding hydrogens is 336 g/mol. The van der Waals surface area contributed by atoms with Gasteiger partial charge >= 0.3 is 0 Å². The summed E-state index contributed by atoms with van der Waals surface area (Å²) >= 11 is 0. The molecule has 3 nitrogen and oxygen atoms in total. The zero-order valence-corrected chi connectivity index (χ0v) is 16.3. The molecule has 0 heterocycles. The van der Waals surface area contributed by atoms with E-state index in [2.05, 4.69) is 0 Å². The molecule has 140 valence electrons. The number of phenolic OH excluding ortho intramolecular Hbond substituents is 3. The van der Waals surface area contributed by atoms with E-state index in [9.17, 15) is 15.3 Å². The first-order valence-corrected chi connectivity index (χ1v) is 9.13. The van der Waals surface area contributed by atoms with Crippen molar-refractivity contribution in [3.63, 3.8) is 0 Å². The molecule has 3 rings (SSSR count). The maximum absolute atomic E-state index is 10.5. The maximum Gasteiger partial charge on any atom is 0.122 e. The zero-order valence-electron chi connectivity index (χ0n) is 16.3. The summed E-state index contributed by atoms with van der Waals surface area (Å²) in [6, 6.07) is 13.4. The predicted octanol–water partition coefficient (Wildman–Crippen LogP) is 5.22. The molecule has 3 aromatic carbocycles. The minimum absolute atomic E-state index is 0.283. The van der Waals surface area contributed by atoms with Gasteiger partial charge < -0.3 is 15.3 Å². The summed E-state index contributed by atoms with van der Waals surface area (Å²) in [5, 5.41) is 30.1. The van der Waals surface area contributed by atoms with Gasteiger partial charge in [-0.1, -0.05) is 30.3 Å². The summed E-state index contributed by atoms with van der Waals surface area (Å²) in [7, 11) is 0. The molecule has 0 aliphatic rings. The number of benzene rings is 3. The molecule has 3 aromatic rings. The SMILES string of the molecule is Cc1cc(Cc2cc(Cc3cc(C)c(O)cc3C)cc(C)c2O)ccc1O. The van der Waals surface area contributed by atoms with E-state index in [1.807, 2.05) is 58.0 Å². The number of aryl methyl sites for hydroxylation is 4. The molecule has 3 heteroatoms. The molecule has 27 heavy (non-hydrogen) atoms. The Morgan fingerprint density at radius 1 is 0.556 bits per heavy atom. The second-order valence-electron chi connectivity index (χ2n) is 7.46. The van der Waals surface area contributed by atoms with E-state index in [1.54, 1.807) is 12.1 Å². The first kappa shape index (κ1) is 18.8. The lowest BCUT2D eigenvalue weighted by Gasteiger charge is -2.14. The van der Waals surface area contributed by atoms with Crippen LogP contribution in [0, 0.1) is 27.7 Å². The highest BCUT2D eigenvalue weighted by Crippen LogP contribution is 2.30. The van der Waals surface area contributed by atoms with Crippen LogP contribution in [-0.2, 0) is 12.8 Å². The molecular formula is C24H26O3. The Balaban J connectivity index is 1.94. The van der Waals surface area contributed by atoms with Gasteiger partial charge in [0.05, 0.1) is 0 Å². The fourth-order valence-corrected chi connectivity index (χ4v) is 3.49. The maximum atomic E-state index is 10.5. The van der Waals surface area contributed by atoms with E-state index in [1.165, 1.54) is 5.56 Å². The fraction of sp³-hybridized carbons (Fsp3) is 0.250. The Morgan fingerprint density at radius 3 is 1.89 bits per heavy atom. The van der Waals surface area contributed by atoms with Crippen molar-refractivity contribution in [3.05, 3.63) is 87.0 Å². The van der Waals surface area contributed by atoms with Crippen molar-refractivity contribution in [3.8, 4) is 17.2 Å². The average Bonchev–Trinajstić information content (AvgIpc) is 2.60. The summed E-state index contributed by atoms with van der Waals surface area (Å²) < 4.78 is 0.